The molecule has 0 aromatic heterocycles. The standard InChI is InChI=1S/C22H22N2O4S/c1-23-29(26,27)20-15-18(13-14-19(20)28-2)22(25)24-21(16-9-5-3-6-10-16)17-11-7-4-8-12-17/h3-15,21,23H,1-2H3,(H,24,25). The summed E-state index contributed by atoms with van der Waals surface area (Å²) in [4.78, 5) is 12.9. The van der Waals surface area contributed by atoms with E-state index in [9.17, 15) is 13.2 Å². The van der Waals surface area contributed by atoms with Crippen LogP contribution in [0.1, 0.15) is 27.5 Å². The fraction of sp³-hybridized carbons (Fsp3) is 0.136. The molecule has 0 aliphatic carbocycles. The maximum Gasteiger partial charge on any atom is 0.252 e. The molecule has 2 N–H and O–H groups in total. The van der Waals surface area contributed by atoms with Gasteiger partial charge in [-0.25, -0.2) is 13.1 Å². The number of amides is 1. The highest BCUT2D eigenvalue weighted by Crippen LogP contribution is 2.26. The molecule has 0 unspecified atom stereocenters. The van der Waals surface area contributed by atoms with Gasteiger partial charge in [-0.15, -0.1) is 0 Å². The SMILES string of the molecule is CNS(=O)(=O)c1cc(C(=O)NC(c2ccccc2)c2ccccc2)ccc1OC. The van der Waals surface area contributed by atoms with Crippen LogP contribution in [0.4, 0.5) is 0 Å². The molecule has 3 aromatic carbocycles. The Balaban J connectivity index is 1.98. The molecule has 0 spiro atoms. The first-order chi connectivity index (χ1) is 14.0. The zero-order chi connectivity index (χ0) is 20.9. The lowest BCUT2D eigenvalue weighted by molar-refractivity contribution is 0.0942. The van der Waals surface area contributed by atoms with Crippen LogP contribution in [0.25, 0.3) is 0 Å². The summed E-state index contributed by atoms with van der Waals surface area (Å²) in [5, 5.41) is 3.01. The Morgan fingerprint density at radius 1 is 0.897 bits per heavy atom. The van der Waals surface area contributed by atoms with Gasteiger partial charge in [-0.3, -0.25) is 4.79 Å². The first kappa shape index (κ1) is 20.6. The molecule has 6 nitrogen and oxygen atoms in total. The van der Waals surface area contributed by atoms with E-state index in [-0.39, 0.29) is 22.3 Å². The predicted octanol–water partition coefficient (Wildman–Crippen LogP) is 3.12. The molecule has 1 amide bonds. The molecule has 0 bridgehead atoms. The maximum atomic E-state index is 13.0. The average molecular weight is 410 g/mol. The van der Waals surface area contributed by atoms with Gasteiger partial charge in [0.15, 0.2) is 0 Å². The minimum absolute atomic E-state index is 0.0916. The van der Waals surface area contributed by atoms with Crippen molar-refractivity contribution in [1.29, 1.82) is 0 Å². The minimum atomic E-state index is -3.78. The van der Waals surface area contributed by atoms with Gasteiger partial charge in [-0.1, -0.05) is 60.7 Å². The second-order valence-electron chi connectivity index (χ2n) is 6.30. The van der Waals surface area contributed by atoms with E-state index in [0.29, 0.717) is 0 Å². The lowest BCUT2D eigenvalue weighted by Gasteiger charge is -2.20. The molecular weight excluding hydrogens is 388 g/mol. The smallest absolute Gasteiger partial charge is 0.252 e. The van der Waals surface area contributed by atoms with Crippen LogP contribution in [-0.2, 0) is 10.0 Å². The molecule has 150 valence electrons. The summed E-state index contributed by atoms with van der Waals surface area (Å²) < 4.78 is 32.0. The molecule has 0 saturated heterocycles. The van der Waals surface area contributed by atoms with Crippen LogP contribution in [0.3, 0.4) is 0 Å². The van der Waals surface area contributed by atoms with Gasteiger partial charge in [0, 0.05) is 5.56 Å². The van der Waals surface area contributed by atoms with Crippen molar-refractivity contribution in [2.75, 3.05) is 14.2 Å². The van der Waals surface area contributed by atoms with Gasteiger partial charge in [0.25, 0.3) is 5.91 Å². The van der Waals surface area contributed by atoms with Crippen LogP contribution in [0.2, 0.25) is 0 Å². The van der Waals surface area contributed by atoms with Crippen LogP contribution >= 0.6 is 0 Å². The number of carbonyl (C=O) groups excluding carboxylic acids is 1. The van der Waals surface area contributed by atoms with Crippen LogP contribution < -0.4 is 14.8 Å². The van der Waals surface area contributed by atoms with Gasteiger partial charge in [0.05, 0.1) is 13.2 Å². The highest BCUT2D eigenvalue weighted by atomic mass is 32.2. The van der Waals surface area contributed by atoms with Crippen molar-refractivity contribution < 1.29 is 17.9 Å². The third-order valence-corrected chi connectivity index (χ3v) is 5.96. The number of ether oxygens (including phenoxy) is 1. The molecule has 0 atom stereocenters. The van der Waals surface area contributed by atoms with E-state index < -0.39 is 15.9 Å². The molecule has 0 radical (unpaired) electrons. The monoisotopic (exact) mass is 410 g/mol. The number of hydrogen-bond acceptors (Lipinski definition) is 4. The first-order valence-corrected chi connectivity index (χ1v) is 10.5. The molecule has 0 heterocycles. The van der Waals surface area contributed by atoms with Crippen molar-refractivity contribution >= 4 is 15.9 Å². The highest BCUT2D eigenvalue weighted by molar-refractivity contribution is 7.89. The van der Waals surface area contributed by atoms with Crippen molar-refractivity contribution in [3.05, 3.63) is 95.6 Å². The van der Waals surface area contributed by atoms with Gasteiger partial charge in [0.1, 0.15) is 10.6 Å². The number of carbonyl (C=O) groups is 1. The number of rotatable bonds is 7. The Morgan fingerprint density at radius 3 is 1.93 bits per heavy atom. The number of benzene rings is 3. The second kappa shape index (κ2) is 8.89. The summed E-state index contributed by atoms with van der Waals surface area (Å²) in [5.74, 6) is -0.225. The minimum Gasteiger partial charge on any atom is -0.495 e. The number of sulfonamides is 1. The van der Waals surface area contributed by atoms with Crippen LogP contribution in [0.15, 0.2) is 83.8 Å². The normalized spacial score (nSPS) is 11.3. The fourth-order valence-electron chi connectivity index (χ4n) is 3.00. The zero-order valence-corrected chi connectivity index (χ0v) is 16.9. The summed E-state index contributed by atoms with van der Waals surface area (Å²) >= 11 is 0. The van der Waals surface area contributed by atoms with E-state index in [4.69, 9.17) is 4.74 Å². The molecule has 3 rings (SSSR count). The topological polar surface area (TPSA) is 84.5 Å². The van der Waals surface area contributed by atoms with Gasteiger partial charge < -0.3 is 10.1 Å². The lowest BCUT2D eigenvalue weighted by atomic mass is 9.98. The third kappa shape index (κ3) is 4.64. The van der Waals surface area contributed by atoms with Gasteiger partial charge in [0.2, 0.25) is 10.0 Å². The Labute approximate surface area is 170 Å². The van der Waals surface area contributed by atoms with Crippen molar-refractivity contribution in [2.24, 2.45) is 0 Å². The molecule has 29 heavy (non-hydrogen) atoms. The van der Waals surface area contributed by atoms with Crippen molar-refractivity contribution in [3.8, 4) is 5.75 Å². The van der Waals surface area contributed by atoms with E-state index in [0.717, 1.165) is 11.1 Å². The fourth-order valence-corrected chi connectivity index (χ4v) is 3.92. The Bertz CT molecular complexity index is 1040. The molecule has 0 aliphatic heterocycles. The molecule has 0 fully saturated rings. The largest absolute Gasteiger partial charge is 0.495 e. The quantitative estimate of drug-likeness (QED) is 0.627. The van der Waals surface area contributed by atoms with E-state index in [1.54, 1.807) is 0 Å². The van der Waals surface area contributed by atoms with Gasteiger partial charge in [-0.05, 0) is 36.4 Å². The Kier molecular flexibility index (Phi) is 6.31. The summed E-state index contributed by atoms with van der Waals surface area (Å²) in [6.07, 6.45) is 0. The van der Waals surface area contributed by atoms with Crippen LogP contribution in [-0.4, -0.2) is 28.5 Å². The van der Waals surface area contributed by atoms with Crippen molar-refractivity contribution in [2.45, 2.75) is 10.9 Å². The van der Waals surface area contributed by atoms with Crippen molar-refractivity contribution in [1.82, 2.24) is 10.0 Å². The van der Waals surface area contributed by atoms with Crippen LogP contribution in [0.5, 0.6) is 5.75 Å². The highest BCUT2D eigenvalue weighted by Gasteiger charge is 2.22. The van der Waals surface area contributed by atoms with E-state index in [1.807, 2.05) is 60.7 Å². The Hall–Kier alpha value is -3.16. The molecular formula is C22H22N2O4S. The third-order valence-electron chi connectivity index (χ3n) is 4.53. The summed E-state index contributed by atoms with van der Waals surface area (Å²) in [5.41, 5.74) is 2.06. The molecule has 0 saturated carbocycles. The average Bonchev–Trinajstić information content (AvgIpc) is 2.78. The summed E-state index contributed by atoms with van der Waals surface area (Å²) in [6, 6.07) is 23.1. The van der Waals surface area contributed by atoms with Gasteiger partial charge >= 0.3 is 0 Å². The molecule has 7 heteroatoms. The first-order valence-electron chi connectivity index (χ1n) is 8.98. The van der Waals surface area contributed by atoms with Gasteiger partial charge in [-0.2, -0.15) is 0 Å². The van der Waals surface area contributed by atoms with Crippen molar-refractivity contribution in [3.63, 3.8) is 0 Å². The van der Waals surface area contributed by atoms with E-state index >= 15 is 0 Å². The number of methoxy groups -OCH3 is 1. The number of hydrogen-bond donors (Lipinski definition) is 2. The lowest BCUT2D eigenvalue weighted by Crippen LogP contribution is -2.29. The van der Waals surface area contributed by atoms with E-state index in [1.165, 1.54) is 32.4 Å². The zero-order valence-electron chi connectivity index (χ0n) is 16.1. The van der Waals surface area contributed by atoms with E-state index in [2.05, 4.69) is 10.0 Å². The summed E-state index contributed by atoms with van der Waals surface area (Å²) in [7, 11) is -1.10. The molecule has 0 aliphatic rings. The molecule has 3 aromatic rings. The summed E-state index contributed by atoms with van der Waals surface area (Å²) in [6.45, 7) is 0. The van der Waals surface area contributed by atoms with Crippen LogP contribution in [0, 0.1) is 0 Å². The maximum absolute atomic E-state index is 13.0. The number of nitrogens with one attached hydrogen (secondary N) is 2. The second-order valence-corrected chi connectivity index (χ2v) is 8.16. The Morgan fingerprint density at radius 2 is 1.45 bits per heavy atom. The predicted molar refractivity (Wildman–Crippen MR) is 111 cm³/mol.